The molecule has 0 fully saturated rings. The second-order valence-electron chi connectivity index (χ2n) is 3.61. The zero-order valence-corrected chi connectivity index (χ0v) is 17.2. The van der Waals surface area contributed by atoms with Crippen LogP contribution in [0.2, 0.25) is 0 Å². The summed E-state index contributed by atoms with van der Waals surface area (Å²) in [7, 11) is 22.6. The zero-order chi connectivity index (χ0) is 17.7. The third-order valence-electron chi connectivity index (χ3n) is 1.64. The molecule has 0 bridgehead atoms. The summed E-state index contributed by atoms with van der Waals surface area (Å²) < 4.78 is 5.11. The maximum absolute atomic E-state index is 5.00. The van der Waals surface area contributed by atoms with Crippen molar-refractivity contribution in [3.05, 3.63) is 38.0 Å². The number of rotatable bonds is 0. The molecule has 0 saturated heterocycles. The molecule has 133 valence electrons. The van der Waals surface area contributed by atoms with E-state index in [2.05, 4.69) is 30.4 Å². The van der Waals surface area contributed by atoms with Crippen molar-refractivity contribution in [1.82, 2.24) is 39.7 Å². The van der Waals surface area contributed by atoms with Gasteiger partial charge < -0.3 is 0 Å². The molecule has 0 aromatic carbocycles. The Hall–Kier alpha value is -0.797. The number of hydrogen-bond donors (Lipinski definition) is 1. The van der Waals surface area contributed by atoms with Crippen molar-refractivity contribution in [3.63, 3.8) is 0 Å². The van der Waals surface area contributed by atoms with Gasteiger partial charge in [0, 0.05) is 19.2 Å². The zero-order valence-electron chi connectivity index (χ0n) is 12.4. The summed E-state index contributed by atoms with van der Waals surface area (Å²) in [6.45, 7) is 0. The average molecular weight is 493 g/mol. The van der Waals surface area contributed by atoms with Crippen molar-refractivity contribution < 1.29 is 15.4 Å². The Labute approximate surface area is 152 Å². The van der Waals surface area contributed by atoms with Crippen LogP contribution in [0.1, 0.15) is 0 Å². The predicted molar refractivity (Wildman–Crippen MR) is 85.2 cm³/mol. The fourth-order valence-corrected chi connectivity index (χ4v) is 0.817. The normalized spacial score (nSPS) is 10.2. The van der Waals surface area contributed by atoms with Crippen molar-refractivity contribution in [1.29, 1.82) is 0 Å². The van der Waals surface area contributed by atoms with Crippen LogP contribution in [0.3, 0.4) is 0 Å². The molecule has 14 heteroatoms. The molecule has 23 heavy (non-hydrogen) atoms. The molecule has 0 aliphatic heterocycles. The summed E-state index contributed by atoms with van der Waals surface area (Å²) in [5.74, 6) is 0. The van der Waals surface area contributed by atoms with E-state index in [1.54, 1.807) is 34.7 Å². The second kappa shape index (κ2) is 12.6. The van der Waals surface area contributed by atoms with E-state index in [1.807, 2.05) is 25.7 Å². The molecular formula is C9H16Cl4N9Ru. The van der Waals surface area contributed by atoms with Crippen molar-refractivity contribution in [2.45, 2.75) is 0 Å². The number of H-pyrrole nitrogens is 1. The molecular weight excluding hydrogens is 477 g/mol. The molecule has 3 aromatic heterocycles. The average Bonchev–Trinajstić information content (AvgIpc) is 3.14. The molecule has 0 radical (unpaired) electrons. The summed E-state index contributed by atoms with van der Waals surface area (Å²) in [5.41, 5.74) is 0. The van der Waals surface area contributed by atoms with E-state index >= 15 is 0 Å². The van der Waals surface area contributed by atoms with E-state index in [0.717, 1.165) is 0 Å². The molecule has 0 spiro atoms. The molecule has 3 aromatic rings. The van der Waals surface area contributed by atoms with E-state index in [0.29, 0.717) is 0 Å². The molecule has 0 atom stereocenters. The standard InChI is InChI=1S/3C3H5N3.4ClH.Ru/c1-6-2-4-5-3-6;2*1-6-3-4-2-5-6;;;;;/h3*2-3H,1H3;4*1H;/q;;;;;;;+3/p-3. The van der Waals surface area contributed by atoms with Crippen LogP contribution in [0.25, 0.3) is 0 Å². The van der Waals surface area contributed by atoms with Crippen LogP contribution >= 0.6 is 38.8 Å². The number of aryl methyl sites for hydroxylation is 3. The summed E-state index contributed by atoms with van der Waals surface area (Å²) >= 11 is 0. The number of aromatic amines is 1. The first kappa shape index (κ1) is 22.2. The quantitative estimate of drug-likeness (QED) is 0.380. The summed E-state index contributed by atoms with van der Waals surface area (Å²) in [6.07, 6.45) is 9.74. The molecule has 3 rings (SSSR count). The van der Waals surface area contributed by atoms with Gasteiger partial charge in [0.1, 0.15) is 25.3 Å². The van der Waals surface area contributed by atoms with Gasteiger partial charge in [-0.1, -0.05) is 0 Å². The number of hydrogen-bond acceptors (Lipinski definition) is 5. The van der Waals surface area contributed by atoms with Gasteiger partial charge in [0.25, 0.3) is 6.33 Å². The van der Waals surface area contributed by atoms with Gasteiger partial charge in [-0.2, -0.15) is 10.2 Å². The summed E-state index contributed by atoms with van der Waals surface area (Å²) in [4.78, 5) is 7.35. The molecule has 0 amide bonds. The van der Waals surface area contributed by atoms with Gasteiger partial charge in [-0.3, -0.25) is 9.36 Å². The van der Waals surface area contributed by atoms with Gasteiger partial charge in [0.2, 0.25) is 6.33 Å². The first-order valence-corrected chi connectivity index (χ1v) is 14.6. The van der Waals surface area contributed by atoms with Gasteiger partial charge in [-0.15, -0.1) is 5.10 Å². The van der Waals surface area contributed by atoms with Crippen LogP contribution in [0, 0.1) is 0 Å². The van der Waals surface area contributed by atoms with Crippen LogP contribution in [0.4, 0.5) is 0 Å². The first-order chi connectivity index (χ1) is 10.7. The summed E-state index contributed by atoms with van der Waals surface area (Å²) in [6, 6.07) is 0. The second-order valence-corrected chi connectivity index (χ2v) is 19.4. The predicted octanol–water partition coefficient (Wildman–Crippen LogP) is 1.62. The molecule has 9 nitrogen and oxygen atoms in total. The fraction of sp³-hybridized carbons (Fsp3) is 0.333. The van der Waals surface area contributed by atoms with Crippen LogP contribution < -0.4 is 4.57 Å². The minimum atomic E-state index is -2.97. The van der Waals surface area contributed by atoms with E-state index in [-0.39, 0.29) is 0 Å². The van der Waals surface area contributed by atoms with E-state index < -0.39 is 10.8 Å². The maximum atomic E-state index is 5.00. The van der Waals surface area contributed by atoms with Crippen molar-refractivity contribution in [2.24, 2.45) is 21.1 Å². The van der Waals surface area contributed by atoms with Gasteiger partial charge in [0.05, 0.1) is 7.05 Å². The Balaban J connectivity index is 0.000000282. The van der Waals surface area contributed by atoms with Gasteiger partial charge in [-0.05, 0) is 0 Å². The molecule has 0 unspecified atom stereocenters. The third kappa shape index (κ3) is 19.2. The molecule has 0 aliphatic rings. The fourth-order valence-electron chi connectivity index (χ4n) is 0.817. The third-order valence-corrected chi connectivity index (χ3v) is 1.64. The van der Waals surface area contributed by atoms with Crippen LogP contribution in [0.5, 0.6) is 0 Å². The molecule has 0 saturated carbocycles. The van der Waals surface area contributed by atoms with Crippen LogP contribution in [0.15, 0.2) is 38.0 Å². The van der Waals surface area contributed by atoms with Gasteiger partial charge in [0.15, 0.2) is 0 Å². The SMILES string of the molecule is C[n+]1cn[nH]c1.Cn1cncn1.Cn1cncn1.[Cl][Ru-]([Cl])([Cl])[Cl]. The number of nitrogens with zero attached hydrogens (tertiary/aromatic N) is 8. The van der Waals surface area contributed by atoms with Gasteiger partial charge in [-0.25, -0.2) is 14.5 Å². The van der Waals surface area contributed by atoms with Crippen molar-refractivity contribution in [2.75, 3.05) is 0 Å². The van der Waals surface area contributed by atoms with E-state index in [1.165, 1.54) is 12.7 Å². The Morgan fingerprint density at radius 3 is 1.48 bits per heavy atom. The number of halogens is 4. The van der Waals surface area contributed by atoms with Crippen molar-refractivity contribution >= 4 is 38.8 Å². The van der Waals surface area contributed by atoms with Crippen LogP contribution in [-0.4, -0.2) is 39.7 Å². The van der Waals surface area contributed by atoms with E-state index in [4.69, 9.17) is 38.8 Å². The van der Waals surface area contributed by atoms with E-state index in [9.17, 15) is 0 Å². The molecule has 0 aliphatic carbocycles. The van der Waals surface area contributed by atoms with Gasteiger partial charge >= 0.3 is 49.6 Å². The minimum absolute atomic E-state index is 1.50. The number of nitrogens with one attached hydrogen (secondary N) is 1. The Kier molecular flexibility index (Phi) is 12.2. The Bertz CT molecular complexity index is 496. The van der Waals surface area contributed by atoms with Crippen LogP contribution in [-0.2, 0) is 32.0 Å². The summed E-state index contributed by atoms with van der Waals surface area (Å²) in [5, 5.41) is 13.7. The Morgan fingerprint density at radius 1 is 0.957 bits per heavy atom. The Morgan fingerprint density at radius 2 is 1.39 bits per heavy atom. The molecule has 3 heterocycles. The number of aromatic nitrogens is 9. The van der Waals surface area contributed by atoms with Crippen molar-refractivity contribution in [3.8, 4) is 0 Å². The topological polar surface area (TPSA) is 94.0 Å². The molecule has 1 N–H and O–H groups in total. The first-order valence-electron chi connectivity index (χ1n) is 5.63. The monoisotopic (exact) mass is 492 g/mol.